The molecule has 0 radical (unpaired) electrons. The van der Waals surface area contributed by atoms with E-state index in [1.807, 2.05) is 0 Å². The molecule has 8 nitrogen and oxygen atoms in total. The number of anilines is 1. The van der Waals surface area contributed by atoms with Crippen LogP contribution in [0.2, 0.25) is 0 Å². The van der Waals surface area contributed by atoms with Gasteiger partial charge in [-0.3, -0.25) is 9.52 Å². The summed E-state index contributed by atoms with van der Waals surface area (Å²) in [7, 11) is -2.58. The van der Waals surface area contributed by atoms with Gasteiger partial charge in [0.25, 0.3) is 10.0 Å². The summed E-state index contributed by atoms with van der Waals surface area (Å²) in [6.07, 6.45) is 0.0640. The largest absolute Gasteiger partial charge is 0.465 e. The van der Waals surface area contributed by atoms with Crippen LogP contribution in [0.15, 0.2) is 63.9 Å². The van der Waals surface area contributed by atoms with Crippen LogP contribution < -0.4 is 10.0 Å². The number of sulfonamides is 1. The second kappa shape index (κ2) is 9.65. The lowest BCUT2D eigenvalue weighted by atomic mass is 10.1. The number of carbonyl (C=O) groups is 2. The van der Waals surface area contributed by atoms with Gasteiger partial charge in [0.2, 0.25) is 5.91 Å². The summed E-state index contributed by atoms with van der Waals surface area (Å²) in [5.41, 5.74) is 1.27. The Morgan fingerprint density at radius 1 is 1.06 bits per heavy atom. The van der Waals surface area contributed by atoms with E-state index in [9.17, 15) is 22.4 Å². The Bertz CT molecular complexity index is 1220. The lowest BCUT2D eigenvalue weighted by molar-refractivity contribution is -0.120. The van der Waals surface area contributed by atoms with Gasteiger partial charge in [-0.25, -0.2) is 17.6 Å². The van der Waals surface area contributed by atoms with Crippen molar-refractivity contribution in [2.45, 2.75) is 24.8 Å². The van der Waals surface area contributed by atoms with Crippen molar-refractivity contribution in [2.24, 2.45) is 0 Å². The summed E-state index contributed by atoms with van der Waals surface area (Å²) in [5, 5.41) is 2.70. The molecule has 0 aliphatic carbocycles. The van der Waals surface area contributed by atoms with Gasteiger partial charge < -0.3 is 14.5 Å². The first-order chi connectivity index (χ1) is 15.2. The maximum absolute atomic E-state index is 13.0. The predicted octanol–water partition coefficient (Wildman–Crippen LogP) is 3.17. The van der Waals surface area contributed by atoms with Crippen molar-refractivity contribution in [1.82, 2.24) is 5.32 Å². The molecule has 0 fully saturated rings. The number of methoxy groups -OCH3 is 1. The number of amides is 1. The summed E-state index contributed by atoms with van der Waals surface area (Å²) in [6, 6.07) is 12.3. The van der Waals surface area contributed by atoms with Gasteiger partial charge in [0.1, 0.15) is 22.9 Å². The van der Waals surface area contributed by atoms with Crippen LogP contribution in [0, 0.1) is 12.7 Å². The minimum Gasteiger partial charge on any atom is -0.465 e. The molecule has 0 aliphatic heterocycles. The monoisotopic (exact) mass is 460 g/mol. The number of hydrogen-bond donors (Lipinski definition) is 2. The van der Waals surface area contributed by atoms with Crippen molar-refractivity contribution in [3.05, 3.63) is 83.1 Å². The number of carbonyl (C=O) groups excluding carboxylic acids is 2. The van der Waals surface area contributed by atoms with Crippen LogP contribution in [0.25, 0.3) is 0 Å². The van der Waals surface area contributed by atoms with Gasteiger partial charge in [0, 0.05) is 5.69 Å². The van der Waals surface area contributed by atoms with Crippen LogP contribution in [-0.2, 0) is 32.5 Å². The zero-order valence-electron chi connectivity index (χ0n) is 17.3. The van der Waals surface area contributed by atoms with Gasteiger partial charge in [0.05, 0.1) is 25.0 Å². The number of nitrogens with one attached hydrogen (secondary N) is 2. The fraction of sp³-hybridized carbons (Fsp3) is 0.182. The summed E-state index contributed by atoms with van der Waals surface area (Å²) in [5.74, 6) is -0.503. The van der Waals surface area contributed by atoms with Crippen LogP contribution in [0.1, 0.15) is 27.4 Å². The number of rotatable bonds is 8. The van der Waals surface area contributed by atoms with E-state index in [1.54, 1.807) is 19.1 Å². The first-order valence-corrected chi connectivity index (χ1v) is 11.0. The van der Waals surface area contributed by atoms with E-state index >= 15 is 0 Å². The molecule has 0 bridgehead atoms. The van der Waals surface area contributed by atoms with E-state index in [0.717, 1.165) is 12.1 Å². The van der Waals surface area contributed by atoms with Crippen LogP contribution in [-0.4, -0.2) is 27.4 Å². The Hall–Kier alpha value is -3.66. The zero-order valence-corrected chi connectivity index (χ0v) is 18.2. The number of aryl methyl sites for hydroxylation is 1. The van der Waals surface area contributed by atoms with Gasteiger partial charge in [-0.15, -0.1) is 0 Å². The molecule has 0 unspecified atom stereocenters. The standard InChI is InChI=1S/C22H21FN2O6S/c1-14-20(22(27)30-2)12-18(31-14)13-24-21(26)11-15-3-7-17(8-4-15)25-32(28,29)19-9-5-16(23)6-10-19/h3-10,12,25H,11,13H2,1-2H3,(H,24,26). The second-order valence-corrected chi connectivity index (χ2v) is 8.57. The Morgan fingerprint density at radius 2 is 1.72 bits per heavy atom. The highest BCUT2D eigenvalue weighted by Crippen LogP contribution is 2.18. The molecule has 0 aliphatic rings. The number of ether oxygens (including phenoxy) is 1. The maximum Gasteiger partial charge on any atom is 0.341 e. The summed E-state index contributed by atoms with van der Waals surface area (Å²) >= 11 is 0. The Kier molecular flexibility index (Phi) is 6.94. The Morgan fingerprint density at radius 3 is 2.34 bits per heavy atom. The lowest BCUT2D eigenvalue weighted by Crippen LogP contribution is -2.24. The highest BCUT2D eigenvalue weighted by molar-refractivity contribution is 7.92. The van der Waals surface area contributed by atoms with Gasteiger partial charge in [-0.2, -0.15) is 0 Å². The predicted molar refractivity (Wildman–Crippen MR) is 114 cm³/mol. The molecule has 3 aromatic rings. The molecule has 2 N–H and O–H groups in total. The third-order valence-electron chi connectivity index (χ3n) is 4.53. The third-order valence-corrected chi connectivity index (χ3v) is 5.93. The van der Waals surface area contributed by atoms with Gasteiger partial charge in [-0.05, 0) is 55.0 Å². The molecule has 2 aromatic carbocycles. The minimum absolute atomic E-state index is 0.0640. The number of esters is 1. The van der Waals surface area contributed by atoms with E-state index in [-0.39, 0.29) is 23.8 Å². The lowest BCUT2D eigenvalue weighted by Gasteiger charge is -2.09. The van der Waals surface area contributed by atoms with E-state index in [0.29, 0.717) is 28.3 Å². The Balaban J connectivity index is 1.55. The molecule has 0 atom stereocenters. The molecule has 1 amide bonds. The van der Waals surface area contributed by atoms with E-state index < -0.39 is 21.8 Å². The fourth-order valence-electron chi connectivity index (χ4n) is 2.90. The van der Waals surface area contributed by atoms with E-state index in [2.05, 4.69) is 14.8 Å². The zero-order chi connectivity index (χ0) is 23.3. The van der Waals surface area contributed by atoms with Crippen molar-refractivity contribution in [3.8, 4) is 0 Å². The van der Waals surface area contributed by atoms with Gasteiger partial charge >= 0.3 is 5.97 Å². The molecule has 0 saturated heterocycles. The van der Waals surface area contributed by atoms with Crippen LogP contribution in [0.4, 0.5) is 10.1 Å². The first kappa shape index (κ1) is 23.0. The molecule has 0 spiro atoms. The molecule has 1 heterocycles. The quantitative estimate of drug-likeness (QED) is 0.499. The molecule has 0 saturated carbocycles. The van der Waals surface area contributed by atoms with Crippen LogP contribution in [0.3, 0.4) is 0 Å². The molecular weight excluding hydrogens is 439 g/mol. The average molecular weight is 460 g/mol. The van der Waals surface area contributed by atoms with Gasteiger partial charge in [-0.1, -0.05) is 12.1 Å². The highest BCUT2D eigenvalue weighted by Gasteiger charge is 2.16. The number of halogens is 1. The van der Waals surface area contributed by atoms with E-state index in [4.69, 9.17) is 4.42 Å². The Labute approximate surface area is 184 Å². The normalized spacial score (nSPS) is 11.1. The molecule has 10 heteroatoms. The SMILES string of the molecule is COC(=O)c1cc(CNC(=O)Cc2ccc(NS(=O)(=O)c3ccc(F)cc3)cc2)oc1C. The smallest absolute Gasteiger partial charge is 0.341 e. The van der Waals surface area contributed by atoms with Gasteiger partial charge in [0.15, 0.2) is 0 Å². The average Bonchev–Trinajstić information content (AvgIpc) is 3.14. The van der Waals surface area contributed by atoms with Crippen molar-refractivity contribution in [1.29, 1.82) is 0 Å². The number of furan rings is 1. The highest BCUT2D eigenvalue weighted by atomic mass is 32.2. The van der Waals surface area contributed by atoms with Crippen molar-refractivity contribution in [2.75, 3.05) is 11.8 Å². The van der Waals surface area contributed by atoms with Crippen molar-refractivity contribution in [3.63, 3.8) is 0 Å². The topological polar surface area (TPSA) is 115 Å². The molecular formula is C22H21FN2O6S. The second-order valence-electron chi connectivity index (χ2n) is 6.88. The third kappa shape index (κ3) is 5.73. The first-order valence-electron chi connectivity index (χ1n) is 9.49. The number of benzene rings is 2. The molecule has 32 heavy (non-hydrogen) atoms. The number of hydrogen-bond acceptors (Lipinski definition) is 6. The van der Waals surface area contributed by atoms with Crippen molar-refractivity contribution < 1.29 is 31.6 Å². The van der Waals surface area contributed by atoms with Crippen molar-refractivity contribution >= 4 is 27.6 Å². The summed E-state index contributed by atoms with van der Waals surface area (Å²) in [6.45, 7) is 1.73. The fourth-order valence-corrected chi connectivity index (χ4v) is 3.95. The molecule has 168 valence electrons. The molecule has 1 aromatic heterocycles. The summed E-state index contributed by atoms with van der Waals surface area (Å²) in [4.78, 5) is 23.8. The minimum atomic E-state index is -3.85. The molecule has 3 rings (SSSR count). The summed E-state index contributed by atoms with van der Waals surface area (Å²) < 4.78 is 50.2. The van der Waals surface area contributed by atoms with Crippen LogP contribution >= 0.6 is 0 Å². The van der Waals surface area contributed by atoms with E-state index in [1.165, 1.54) is 37.4 Å². The maximum atomic E-state index is 13.0. The van der Waals surface area contributed by atoms with Crippen LogP contribution in [0.5, 0.6) is 0 Å².